The largest absolute Gasteiger partial charge is 0.309 e. The highest BCUT2D eigenvalue weighted by atomic mass is 14.9. The summed E-state index contributed by atoms with van der Waals surface area (Å²) in [5.74, 6) is 0.822. The van der Waals surface area contributed by atoms with Crippen molar-refractivity contribution in [3.05, 3.63) is 34.9 Å². The SMILES string of the molecule is CCCC(C)Cc1ccc2c(c1)CNC2. The van der Waals surface area contributed by atoms with Crippen LogP contribution in [0.2, 0.25) is 0 Å². The van der Waals surface area contributed by atoms with E-state index in [2.05, 4.69) is 37.4 Å². The lowest BCUT2D eigenvalue weighted by Crippen LogP contribution is -2.00. The smallest absolute Gasteiger partial charge is 0.0212 e. The molecule has 1 aromatic carbocycles. The number of benzene rings is 1. The summed E-state index contributed by atoms with van der Waals surface area (Å²) >= 11 is 0. The minimum atomic E-state index is 0.822. The van der Waals surface area contributed by atoms with Crippen molar-refractivity contribution in [2.45, 2.75) is 46.2 Å². The summed E-state index contributed by atoms with van der Waals surface area (Å²) in [6.45, 7) is 6.74. The minimum Gasteiger partial charge on any atom is -0.309 e. The normalized spacial score (nSPS) is 16.4. The Morgan fingerprint density at radius 3 is 2.87 bits per heavy atom. The van der Waals surface area contributed by atoms with Crippen molar-refractivity contribution in [1.82, 2.24) is 5.32 Å². The molecule has 15 heavy (non-hydrogen) atoms. The predicted octanol–water partition coefficient (Wildman–Crippen LogP) is 3.27. The lowest BCUT2D eigenvalue weighted by Gasteiger charge is -2.10. The number of nitrogens with one attached hydrogen (secondary N) is 1. The molecule has 1 heteroatoms. The Labute approximate surface area is 92.9 Å². The molecule has 0 aromatic heterocycles. The maximum absolute atomic E-state index is 3.39. The van der Waals surface area contributed by atoms with Gasteiger partial charge in [0.05, 0.1) is 0 Å². The summed E-state index contributed by atoms with van der Waals surface area (Å²) in [7, 11) is 0. The summed E-state index contributed by atoms with van der Waals surface area (Å²) in [6, 6.07) is 6.99. The van der Waals surface area contributed by atoms with E-state index in [4.69, 9.17) is 0 Å². The molecule has 0 saturated heterocycles. The summed E-state index contributed by atoms with van der Waals surface area (Å²) < 4.78 is 0. The molecule has 0 fully saturated rings. The Morgan fingerprint density at radius 1 is 1.27 bits per heavy atom. The molecule has 1 aromatic rings. The molecule has 1 aliphatic rings. The molecule has 1 N–H and O–H groups in total. The summed E-state index contributed by atoms with van der Waals surface area (Å²) in [4.78, 5) is 0. The maximum atomic E-state index is 3.39. The van der Waals surface area contributed by atoms with Gasteiger partial charge in [-0.3, -0.25) is 0 Å². The first kappa shape index (κ1) is 10.7. The highest BCUT2D eigenvalue weighted by molar-refractivity contribution is 5.34. The zero-order valence-corrected chi connectivity index (χ0v) is 9.84. The first-order chi connectivity index (χ1) is 7.29. The lowest BCUT2D eigenvalue weighted by atomic mass is 9.95. The van der Waals surface area contributed by atoms with E-state index in [1.54, 1.807) is 0 Å². The summed E-state index contributed by atoms with van der Waals surface area (Å²) in [6.07, 6.45) is 3.88. The quantitative estimate of drug-likeness (QED) is 0.792. The van der Waals surface area contributed by atoms with Crippen molar-refractivity contribution >= 4 is 0 Å². The second-order valence-electron chi connectivity index (χ2n) is 4.80. The Kier molecular flexibility index (Phi) is 3.42. The molecule has 1 unspecified atom stereocenters. The first-order valence-electron chi connectivity index (χ1n) is 6.11. The molecule has 82 valence electrons. The van der Waals surface area contributed by atoms with Crippen LogP contribution in [-0.4, -0.2) is 0 Å². The molecular formula is C14H21N. The molecule has 0 spiro atoms. The number of rotatable bonds is 4. The average molecular weight is 203 g/mol. The van der Waals surface area contributed by atoms with Crippen LogP contribution in [0.4, 0.5) is 0 Å². The minimum absolute atomic E-state index is 0.822. The molecule has 0 amide bonds. The Morgan fingerprint density at radius 2 is 2.07 bits per heavy atom. The fraction of sp³-hybridized carbons (Fsp3) is 0.571. The Hall–Kier alpha value is -0.820. The molecule has 0 bridgehead atoms. The second-order valence-corrected chi connectivity index (χ2v) is 4.80. The lowest BCUT2D eigenvalue weighted by molar-refractivity contribution is 0.522. The van der Waals surface area contributed by atoms with E-state index in [0.717, 1.165) is 19.0 Å². The van der Waals surface area contributed by atoms with Gasteiger partial charge in [0.25, 0.3) is 0 Å². The maximum Gasteiger partial charge on any atom is 0.0212 e. The van der Waals surface area contributed by atoms with Gasteiger partial charge in [-0.25, -0.2) is 0 Å². The molecule has 0 aliphatic carbocycles. The predicted molar refractivity (Wildman–Crippen MR) is 64.8 cm³/mol. The van der Waals surface area contributed by atoms with Crippen molar-refractivity contribution in [2.24, 2.45) is 5.92 Å². The molecular weight excluding hydrogens is 182 g/mol. The first-order valence-corrected chi connectivity index (χ1v) is 6.11. The van der Waals surface area contributed by atoms with Gasteiger partial charge in [0.1, 0.15) is 0 Å². The van der Waals surface area contributed by atoms with E-state index in [0.29, 0.717) is 0 Å². The van der Waals surface area contributed by atoms with E-state index in [-0.39, 0.29) is 0 Å². The van der Waals surface area contributed by atoms with Crippen LogP contribution >= 0.6 is 0 Å². The highest BCUT2D eigenvalue weighted by Crippen LogP contribution is 2.20. The van der Waals surface area contributed by atoms with Crippen LogP contribution in [0.5, 0.6) is 0 Å². The van der Waals surface area contributed by atoms with Crippen molar-refractivity contribution < 1.29 is 0 Å². The van der Waals surface area contributed by atoms with Gasteiger partial charge in [0, 0.05) is 13.1 Å². The van der Waals surface area contributed by atoms with Crippen molar-refractivity contribution in [3.63, 3.8) is 0 Å². The van der Waals surface area contributed by atoms with E-state index in [1.165, 1.54) is 36.0 Å². The van der Waals surface area contributed by atoms with E-state index < -0.39 is 0 Å². The topological polar surface area (TPSA) is 12.0 Å². The monoisotopic (exact) mass is 203 g/mol. The number of hydrogen-bond donors (Lipinski definition) is 1. The molecule has 1 nitrogen and oxygen atoms in total. The van der Waals surface area contributed by atoms with Crippen LogP contribution in [0.1, 0.15) is 43.4 Å². The van der Waals surface area contributed by atoms with E-state index in [1.807, 2.05) is 0 Å². The van der Waals surface area contributed by atoms with Crippen LogP contribution < -0.4 is 5.32 Å². The van der Waals surface area contributed by atoms with Gasteiger partial charge in [-0.2, -0.15) is 0 Å². The fourth-order valence-electron chi connectivity index (χ4n) is 2.47. The van der Waals surface area contributed by atoms with Crippen molar-refractivity contribution in [1.29, 1.82) is 0 Å². The van der Waals surface area contributed by atoms with E-state index in [9.17, 15) is 0 Å². The molecule has 0 radical (unpaired) electrons. The standard InChI is InChI=1S/C14H21N/c1-3-4-11(2)7-12-5-6-13-9-15-10-14(13)8-12/h5-6,8,11,15H,3-4,7,9-10H2,1-2H3. The number of fused-ring (bicyclic) bond motifs is 1. The van der Waals surface area contributed by atoms with Crippen molar-refractivity contribution in [2.75, 3.05) is 0 Å². The van der Waals surface area contributed by atoms with Crippen molar-refractivity contribution in [3.8, 4) is 0 Å². The third-order valence-electron chi connectivity index (χ3n) is 3.27. The third-order valence-corrected chi connectivity index (χ3v) is 3.27. The molecule has 1 heterocycles. The fourth-order valence-corrected chi connectivity index (χ4v) is 2.47. The van der Waals surface area contributed by atoms with E-state index >= 15 is 0 Å². The third kappa shape index (κ3) is 2.60. The van der Waals surface area contributed by atoms with Crippen LogP contribution in [0.3, 0.4) is 0 Å². The average Bonchev–Trinajstić information content (AvgIpc) is 2.65. The molecule has 1 aliphatic heterocycles. The van der Waals surface area contributed by atoms with Gasteiger partial charge < -0.3 is 5.32 Å². The van der Waals surface area contributed by atoms with Gasteiger partial charge >= 0.3 is 0 Å². The molecule has 2 rings (SSSR count). The Balaban J connectivity index is 2.03. The zero-order chi connectivity index (χ0) is 10.7. The van der Waals surface area contributed by atoms with Gasteiger partial charge in [0.2, 0.25) is 0 Å². The van der Waals surface area contributed by atoms with Gasteiger partial charge in [-0.05, 0) is 29.0 Å². The summed E-state index contributed by atoms with van der Waals surface area (Å²) in [5.41, 5.74) is 4.51. The molecule has 0 saturated carbocycles. The molecule has 1 atom stereocenters. The zero-order valence-electron chi connectivity index (χ0n) is 9.84. The van der Waals surface area contributed by atoms with Crippen LogP contribution in [0, 0.1) is 5.92 Å². The number of hydrogen-bond acceptors (Lipinski definition) is 1. The van der Waals surface area contributed by atoms with Crippen LogP contribution in [0.25, 0.3) is 0 Å². The van der Waals surface area contributed by atoms with Crippen LogP contribution in [-0.2, 0) is 19.5 Å². The second kappa shape index (κ2) is 4.80. The highest BCUT2D eigenvalue weighted by Gasteiger charge is 2.10. The Bertz CT molecular complexity index is 330. The van der Waals surface area contributed by atoms with Gasteiger partial charge in [-0.15, -0.1) is 0 Å². The van der Waals surface area contributed by atoms with Gasteiger partial charge in [-0.1, -0.05) is 44.9 Å². The van der Waals surface area contributed by atoms with Gasteiger partial charge in [0.15, 0.2) is 0 Å². The van der Waals surface area contributed by atoms with Crippen LogP contribution in [0.15, 0.2) is 18.2 Å². The summed E-state index contributed by atoms with van der Waals surface area (Å²) in [5, 5.41) is 3.39.